The molecular weight excluding hydrogens is 491 g/mol. The van der Waals surface area contributed by atoms with Crippen LogP contribution in [0.3, 0.4) is 0 Å². The van der Waals surface area contributed by atoms with Crippen LogP contribution < -0.4 is 15.4 Å². The average molecular weight is 528 g/mol. The van der Waals surface area contributed by atoms with Gasteiger partial charge in [0, 0.05) is 38.8 Å². The molecule has 0 spiro atoms. The van der Waals surface area contributed by atoms with E-state index in [-0.39, 0.29) is 55.2 Å². The second kappa shape index (κ2) is 9.67. The molecule has 1 aromatic heterocycles. The summed E-state index contributed by atoms with van der Waals surface area (Å²) >= 11 is 0. The number of nitrogens with zero attached hydrogens (tertiary/aromatic N) is 5. The third-order valence-corrected chi connectivity index (χ3v) is 7.85. The lowest BCUT2D eigenvalue weighted by Gasteiger charge is -2.41. The highest BCUT2D eigenvalue weighted by Gasteiger charge is 2.47. The van der Waals surface area contributed by atoms with E-state index in [0.717, 1.165) is 6.42 Å². The Kier molecular flexibility index (Phi) is 6.82. The number of hydrogen-bond acceptors (Lipinski definition) is 7. The first kappa shape index (κ1) is 26.1. The van der Waals surface area contributed by atoms with Crippen molar-refractivity contribution in [1.29, 1.82) is 0 Å². The first-order chi connectivity index (χ1) is 17.4. The molecule has 12 heteroatoms. The zero-order chi connectivity index (χ0) is 26.5. The summed E-state index contributed by atoms with van der Waals surface area (Å²) in [5, 5.41) is 0. The van der Waals surface area contributed by atoms with Gasteiger partial charge in [-0.15, -0.1) is 0 Å². The number of hydrogen-bond donors (Lipinski definition) is 0. The third kappa shape index (κ3) is 5.53. The van der Waals surface area contributed by atoms with Crippen LogP contribution in [0.5, 0.6) is 0 Å². The molecule has 3 fully saturated rings. The van der Waals surface area contributed by atoms with Crippen molar-refractivity contribution in [3.63, 3.8) is 0 Å². The van der Waals surface area contributed by atoms with E-state index < -0.39 is 17.8 Å². The quantitative estimate of drug-likeness (QED) is 0.594. The second-order valence-corrected chi connectivity index (χ2v) is 11.6. The Hall–Kier alpha value is -2.50. The van der Waals surface area contributed by atoms with Crippen molar-refractivity contribution in [1.82, 2.24) is 14.5 Å². The van der Waals surface area contributed by atoms with Gasteiger partial charge in [0.1, 0.15) is 17.5 Å². The second-order valence-electron chi connectivity index (χ2n) is 11.6. The van der Waals surface area contributed by atoms with Gasteiger partial charge in [0.05, 0.1) is 18.8 Å². The van der Waals surface area contributed by atoms with E-state index in [9.17, 15) is 22.8 Å². The van der Waals surface area contributed by atoms with Gasteiger partial charge in [0.15, 0.2) is 0 Å². The fourth-order valence-electron chi connectivity index (χ4n) is 5.93. The number of anilines is 2. The molecule has 0 radical (unpaired) electrons. The van der Waals surface area contributed by atoms with E-state index in [4.69, 9.17) is 9.47 Å². The van der Waals surface area contributed by atoms with Crippen LogP contribution in [0.2, 0.25) is 0 Å². The minimum absolute atomic E-state index is 0.00837. The lowest BCUT2D eigenvalue weighted by atomic mass is 9.93. The molecule has 206 valence electrons. The van der Waals surface area contributed by atoms with Crippen LogP contribution in [0.25, 0.3) is 0 Å². The maximum Gasteiger partial charge on any atom is 0.410 e. The standard InChI is InChI=1S/C25H36F3N5O4/c1-24(2,3)37-23(35)30-8-4-16(5-9-30)6-10-31-19(25(26,27)28)7-11-32-21(34)13-20(29-22(31)32)33-14-18-12-17(33)15-36-18/h13,16-19H,4-12,14-15H2,1-3H3/t17-,18-,19-/m0/s1. The first-order valence-corrected chi connectivity index (χ1v) is 13.2. The predicted octanol–water partition coefficient (Wildman–Crippen LogP) is 3.40. The van der Waals surface area contributed by atoms with E-state index in [1.165, 1.54) is 15.5 Å². The molecule has 5 heterocycles. The number of aromatic nitrogens is 2. The summed E-state index contributed by atoms with van der Waals surface area (Å²) < 4.78 is 54.8. The number of carbonyl (C=O) groups is 1. The summed E-state index contributed by atoms with van der Waals surface area (Å²) in [6, 6.07) is -0.136. The zero-order valence-electron chi connectivity index (χ0n) is 21.7. The first-order valence-electron chi connectivity index (χ1n) is 13.2. The predicted molar refractivity (Wildman–Crippen MR) is 131 cm³/mol. The van der Waals surface area contributed by atoms with Crippen molar-refractivity contribution in [3.8, 4) is 0 Å². The minimum atomic E-state index is -4.43. The molecule has 4 aliphatic heterocycles. The normalized spacial score (nSPS) is 26.5. The maximum absolute atomic E-state index is 14.1. The van der Waals surface area contributed by atoms with Gasteiger partial charge in [0.25, 0.3) is 5.56 Å². The summed E-state index contributed by atoms with van der Waals surface area (Å²) in [6.07, 6.45) is -2.13. The van der Waals surface area contributed by atoms with Gasteiger partial charge in [-0.05, 0) is 58.8 Å². The molecule has 2 bridgehead atoms. The van der Waals surface area contributed by atoms with Gasteiger partial charge in [-0.3, -0.25) is 9.36 Å². The Morgan fingerprint density at radius 1 is 1.16 bits per heavy atom. The number of alkyl halides is 3. The lowest BCUT2D eigenvalue weighted by molar-refractivity contribution is -0.152. The molecular formula is C25H36F3N5O4. The fraction of sp³-hybridized carbons (Fsp3) is 0.800. The fourth-order valence-corrected chi connectivity index (χ4v) is 5.93. The molecule has 4 aliphatic rings. The molecule has 0 aromatic carbocycles. The van der Waals surface area contributed by atoms with E-state index in [1.54, 1.807) is 4.90 Å². The molecule has 1 aromatic rings. The highest BCUT2D eigenvalue weighted by atomic mass is 19.4. The SMILES string of the molecule is CC(C)(C)OC(=O)N1CCC(CCN2c3nc(N4C[C@@H]5C[C@H]4CO5)cc(=O)n3CC[C@H]2C(F)(F)F)CC1. The number of amides is 1. The van der Waals surface area contributed by atoms with Gasteiger partial charge < -0.3 is 24.2 Å². The third-order valence-electron chi connectivity index (χ3n) is 7.85. The number of piperidine rings is 1. The van der Waals surface area contributed by atoms with Crippen molar-refractivity contribution in [2.24, 2.45) is 5.92 Å². The van der Waals surface area contributed by atoms with E-state index >= 15 is 0 Å². The molecule has 9 nitrogen and oxygen atoms in total. The number of ether oxygens (including phenoxy) is 2. The van der Waals surface area contributed by atoms with E-state index in [2.05, 4.69) is 4.98 Å². The number of fused-ring (bicyclic) bond motifs is 3. The van der Waals surface area contributed by atoms with Crippen molar-refractivity contribution >= 4 is 17.9 Å². The largest absolute Gasteiger partial charge is 0.444 e. The molecule has 3 atom stereocenters. The molecule has 1 amide bonds. The van der Waals surface area contributed by atoms with Crippen LogP contribution in [0.15, 0.2) is 10.9 Å². The summed E-state index contributed by atoms with van der Waals surface area (Å²) in [4.78, 5) is 34.9. The number of morpholine rings is 1. The van der Waals surface area contributed by atoms with Crippen molar-refractivity contribution in [2.45, 2.75) is 89.4 Å². The Bertz CT molecular complexity index is 1060. The summed E-state index contributed by atoms with van der Waals surface area (Å²) in [6.45, 7) is 7.76. The maximum atomic E-state index is 14.1. The monoisotopic (exact) mass is 527 g/mol. The smallest absolute Gasteiger partial charge is 0.410 e. The van der Waals surface area contributed by atoms with Crippen LogP contribution in [0.1, 0.15) is 52.9 Å². The van der Waals surface area contributed by atoms with Crippen LogP contribution in [0, 0.1) is 5.92 Å². The van der Waals surface area contributed by atoms with Gasteiger partial charge in [0.2, 0.25) is 5.95 Å². The van der Waals surface area contributed by atoms with Gasteiger partial charge in [-0.2, -0.15) is 18.2 Å². The molecule has 3 saturated heterocycles. The van der Waals surface area contributed by atoms with Gasteiger partial charge >= 0.3 is 12.3 Å². The van der Waals surface area contributed by atoms with E-state index in [1.807, 2.05) is 25.7 Å². The average Bonchev–Trinajstić information content (AvgIpc) is 3.45. The molecule has 0 N–H and O–H groups in total. The topological polar surface area (TPSA) is 80.1 Å². The summed E-state index contributed by atoms with van der Waals surface area (Å²) in [5.41, 5.74) is -0.895. The summed E-state index contributed by atoms with van der Waals surface area (Å²) in [5.74, 6) is 0.709. The van der Waals surface area contributed by atoms with Crippen LogP contribution in [0.4, 0.5) is 29.7 Å². The van der Waals surface area contributed by atoms with Crippen LogP contribution in [-0.4, -0.2) is 83.3 Å². The van der Waals surface area contributed by atoms with Gasteiger partial charge in [-0.1, -0.05) is 0 Å². The highest BCUT2D eigenvalue weighted by Crippen LogP contribution is 2.37. The highest BCUT2D eigenvalue weighted by molar-refractivity contribution is 5.68. The number of rotatable bonds is 4. The van der Waals surface area contributed by atoms with Crippen molar-refractivity contribution in [2.75, 3.05) is 42.6 Å². The van der Waals surface area contributed by atoms with E-state index in [0.29, 0.717) is 51.3 Å². The van der Waals surface area contributed by atoms with Gasteiger partial charge in [-0.25, -0.2) is 4.79 Å². The Morgan fingerprint density at radius 2 is 1.89 bits per heavy atom. The Balaban J connectivity index is 1.30. The number of carbonyl (C=O) groups excluding carboxylic acids is 1. The minimum Gasteiger partial charge on any atom is -0.444 e. The number of halogens is 3. The number of likely N-dealkylation sites (tertiary alicyclic amines) is 1. The molecule has 0 saturated carbocycles. The molecule has 0 unspecified atom stereocenters. The Morgan fingerprint density at radius 3 is 2.49 bits per heavy atom. The molecule has 5 rings (SSSR count). The molecule has 37 heavy (non-hydrogen) atoms. The van der Waals surface area contributed by atoms with Crippen molar-refractivity contribution < 1.29 is 27.4 Å². The Labute approximate surface area is 214 Å². The summed E-state index contributed by atoms with van der Waals surface area (Å²) in [7, 11) is 0. The zero-order valence-corrected chi connectivity index (χ0v) is 21.7. The van der Waals surface area contributed by atoms with Crippen LogP contribution >= 0.6 is 0 Å². The lowest BCUT2D eigenvalue weighted by Crippen LogP contribution is -2.53. The van der Waals surface area contributed by atoms with Crippen LogP contribution in [-0.2, 0) is 16.0 Å². The molecule has 0 aliphatic carbocycles. The van der Waals surface area contributed by atoms with Crippen molar-refractivity contribution in [3.05, 3.63) is 16.4 Å².